The van der Waals surface area contributed by atoms with E-state index in [1.54, 1.807) is 24.4 Å². The Morgan fingerprint density at radius 2 is 1.94 bits per heavy atom. The number of pyridine rings is 1. The molecule has 2 amide bonds. The summed E-state index contributed by atoms with van der Waals surface area (Å²) >= 11 is 0. The van der Waals surface area contributed by atoms with Crippen LogP contribution in [0.2, 0.25) is 0 Å². The molecule has 1 fully saturated rings. The zero-order valence-corrected chi connectivity index (χ0v) is 19.8. The fraction of sp³-hybridized carbons (Fsp3) is 0.333. The molecule has 0 bridgehead atoms. The van der Waals surface area contributed by atoms with Crippen molar-refractivity contribution in [3.8, 4) is 17.4 Å². The van der Waals surface area contributed by atoms with Gasteiger partial charge in [0.05, 0.1) is 13.2 Å². The van der Waals surface area contributed by atoms with E-state index in [1.165, 1.54) is 0 Å². The average molecular weight is 462 g/mol. The molecule has 1 aromatic heterocycles. The Balaban J connectivity index is 1.41. The minimum absolute atomic E-state index is 0.103. The third-order valence-electron chi connectivity index (χ3n) is 5.52. The van der Waals surface area contributed by atoms with Gasteiger partial charge in [-0.25, -0.2) is 9.78 Å². The van der Waals surface area contributed by atoms with E-state index in [1.807, 2.05) is 42.5 Å². The van der Waals surface area contributed by atoms with Crippen LogP contribution in [0.4, 0.5) is 16.2 Å². The maximum Gasteiger partial charge on any atom is 0.323 e. The Hall–Kier alpha value is -3.58. The first-order valence-electron chi connectivity index (χ1n) is 11.5. The standard InChI is InChI=1S/C27H31N3O4/c1-27(2,3)22-10-4-5-12-24(22)34-25-23(11-7-14-28-25)30-26(31)29-20-8-6-9-21(16-20)33-18-19-13-15-32-17-19/h4-12,14,16,19H,13,15,17-18H2,1-3H3,(H2,29,30,31). The molecule has 0 spiro atoms. The molecule has 34 heavy (non-hydrogen) atoms. The summed E-state index contributed by atoms with van der Waals surface area (Å²) in [7, 11) is 0. The average Bonchev–Trinajstić information content (AvgIpc) is 3.33. The number of carbonyl (C=O) groups excluding carboxylic acids is 1. The Kier molecular flexibility index (Phi) is 7.33. The maximum absolute atomic E-state index is 12.7. The Morgan fingerprint density at radius 3 is 2.74 bits per heavy atom. The highest BCUT2D eigenvalue weighted by Crippen LogP contribution is 2.35. The summed E-state index contributed by atoms with van der Waals surface area (Å²) in [6, 6.07) is 18.3. The molecule has 2 heterocycles. The van der Waals surface area contributed by atoms with Gasteiger partial charge in [-0.3, -0.25) is 0 Å². The van der Waals surface area contributed by atoms with Crippen molar-refractivity contribution in [2.24, 2.45) is 5.92 Å². The molecule has 1 aliphatic heterocycles. The van der Waals surface area contributed by atoms with Crippen LogP contribution in [-0.4, -0.2) is 30.8 Å². The van der Waals surface area contributed by atoms with Gasteiger partial charge in [0, 0.05) is 36.0 Å². The van der Waals surface area contributed by atoms with Crippen LogP contribution >= 0.6 is 0 Å². The van der Waals surface area contributed by atoms with Gasteiger partial charge in [-0.2, -0.15) is 0 Å². The lowest BCUT2D eigenvalue weighted by atomic mass is 9.86. The number of benzene rings is 2. The van der Waals surface area contributed by atoms with Gasteiger partial charge in [0.25, 0.3) is 0 Å². The molecule has 1 atom stereocenters. The molecule has 2 N–H and O–H groups in total. The first-order valence-corrected chi connectivity index (χ1v) is 11.5. The minimum Gasteiger partial charge on any atom is -0.493 e. The second kappa shape index (κ2) is 10.6. The topological polar surface area (TPSA) is 81.7 Å². The molecule has 3 aromatic rings. The summed E-state index contributed by atoms with van der Waals surface area (Å²) in [6.45, 7) is 8.49. The van der Waals surface area contributed by atoms with E-state index in [2.05, 4.69) is 36.4 Å². The quantitative estimate of drug-likeness (QED) is 0.436. The van der Waals surface area contributed by atoms with Gasteiger partial charge >= 0.3 is 6.03 Å². The normalized spacial score (nSPS) is 15.6. The number of aromatic nitrogens is 1. The first-order chi connectivity index (χ1) is 16.4. The van der Waals surface area contributed by atoms with Gasteiger partial charge in [-0.1, -0.05) is 45.0 Å². The van der Waals surface area contributed by atoms with Crippen LogP contribution in [0.25, 0.3) is 0 Å². The molecule has 7 nitrogen and oxygen atoms in total. The van der Waals surface area contributed by atoms with Crippen LogP contribution < -0.4 is 20.1 Å². The van der Waals surface area contributed by atoms with E-state index in [0.717, 1.165) is 25.2 Å². The Morgan fingerprint density at radius 1 is 1.09 bits per heavy atom. The van der Waals surface area contributed by atoms with Crippen molar-refractivity contribution in [1.29, 1.82) is 0 Å². The van der Waals surface area contributed by atoms with Crippen molar-refractivity contribution in [1.82, 2.24) is 4.98 Å². The third kappa shape index (κ3) is 6.26. The predicted octanol–water partition coefficient (Wildman–Crippen LogP) is 6.23. The summed E-state index contributed by atoms with van der Waals surface area (Å²) < 4.78 is 17.4. The van der Waals surface area contributed by atoms with Crippen molar-refractivity contribution in [2.75, 3.05) is 30.5 Å². The van der Waals surface area contributed by atoms with Gasteiger partial charge in [0.2, 0.25) is 5.88 Å². The van der Waals surface area contributed by atoms with Gasteiger partial charge < -0.3 is 24.8 Å². The SMILES string of the molecule is CC(C)(C)c1ccccc1Oc1ncccc1NC(=O)Nc1cccc(OCC2CCOC2)c1. The predicted molar refractivity (Wildman–Crippen MR) is 133 cm³/mol. The van der Waals surface area contributed by atoms with Gasteiger partial charge in [-0.15, -0.1) is 0 Å². The molecule has 1 aliphatic rings. The van der Waals surface area contributed by atoms with Crippen LogP contribution in [0.15, 0.2) is 66.9 Å². The van der Waals surface area contributed by atoms with Gasteiger partial charge in [0.1, 0.15) is 17.2 Å². The second-order valence-corrected chi connectivity index (χ2v) is 9.35. The Labute approximate surface area is 200 Å². The molecule has 0 radical (unpaired) electrons. The number of hydrogen-bond acceptors (Lipinski definition) is 5. The molecule has 4 rings (SSSR count). The molecule has 1 unspecified atom stereocenters. The summed E-state index contributed by atoms with van der Waals surface area (Å²) in [5, 5.41) is 5.69. The molecular formula is C27H31N3O4. The zero-order valence-electron chi connectivity index (χ0n) is 19.8. The number of carbonyl (C=O) groups is 1. The molecule has 1 saturated heterocycles. The molecule has 7 heteroatoms. The highest BCUT2D eigenvalue weighted by Gasteiger charge is 2.20. The number of para-hydroxylation sites is 1. The lowest BCUT2D eigenvalue weighted by Gasteiger charge is -2.22. The number of nitrogens with zero attached hydrogens (tertiary/aromatic N) is 1. The number of rotatable bonds is 7. The van der Waals surface area contributed by atoms with E-state index in [9.17, 15) is 4.79 Å². The number of ether oxygens (including phenoxy) is 3. The number of hydrogen-bond donors (Lipinski definition) is 2. The van der Waals surface area contributed by atoms with Gasteiger partial charge in [-0.05, 0) is 42.2 Å². The molecule has 0 aliphatic carbocycles. The number of urea groups is 1. The molecule has 178 valence electrons. The highest BCUT2D eigenvalue weighted by atomic mass is 16.5. The van der Waals surface area contributed by atoms with E-state index < -0.39 is 6.03 Å². The number of amides is 2. The smallest absolute Gasteiger partial charge is 0.323 e. The van der Waals surface area contributed by atoms with Crippen molar-refractivity contribution >= 4 is 17.4 Å². The van der Waals surface area contributed by atoms with Gasteiger partial charge in [0.15, 0.2) is 0 Å². The summed E-state index contributed by atoms with van der Waals surface area (Å²) in [4.78, 5) is 17.1. The number of anilines is 2. The van der Waals surface area contributed by atoms with Crippen LogP contribution in [0, 0.1) is 5.92 Å². The van der Waals surface area contributed by atoms with E-state index in [4.69, 9.17) is 14.2 Å². The Bertz CT molecular complexity index is 1120. The summed E-state index contributed by atoms with van der Waals surface area (Å²) in [5.74, 6) is 2.14. The molecule has 0 saturated carbocycles. The fourth-order valence-electron chi connectivity index (χ4n) is 3.72. The van der Waals surface area contributed by atoms with Crippen molar-refractivity contribution in [3.05, 3.63) is 72.4 Å². The summed E-state index contributed by atoms with van der Waals surface area (Å²) in [5.41, 5.74) is 2.05. The lowest BCUT2D eigenvalue weighted by Crippen LogP contribution is -2.20. The van der Waals surface area contributed by atoms with Crippen molar-refractivity contribution < 1.29 is 19.0 Å². The third-order valence-corrected chi connectivity index (χ3v) is 5.52. The monoisotopic (exact) mass is 461 g/mol. The van der Waals surface area contributed by atoms with Crippen LogP contribution in [0.1, 0.15) is 32.8 Å². The van der Waals surface area contributed by atoms with Crippen LogP contribution in [0.5, 0.6) is 17.4 Å². The van der Waals surface area contributed by atoms with Crippen molar-refractivity contribution in [2.45, 2.75) is 32.6 Å². The van der Waals surface area contributed by atoms with Crippen molar-refractivity contribution in [3.63, 3.8) is 0 Å². The fourth-order valence-corrected chi connectivity index (χ4v) is 3.72. The van der Waals surface area contributed by atoms with Crippen LogP contribution in [0.3, 0.4) is 0 Å². The highest BCUT2D eigenvalue weighted by molar-refractivity contribution is 6.00. The zero-order chi connectivity index (χ0) is 24.0. The largest absolute Gasteiger partial charge is 0.493 e. The minimum atomic E-state index is -0.400. The first kappa shape index (κ1) is 23.6. The second-order valence-electron chi connectivity index (χ2n) is 9.35. The summed E-state index contributed by atoms with van der Waals surface area (Å²) in [6.07, 6.45) is 2.64. The van der Waals surface area contributed by atoms with Crippen LogP contribution in [-0.2, 0) is 10.2 Å². The lowest BCUT2D eigenvalue weighted by molar-refractivity contribution is 0.167. The van der Waals surface area contributed by atoms with E-state index in [-0.39, 0.29) is 5.41 Å². The molecular weight excluding hydrogens is 430 g/mol. The maximum atomic E-state index is 12.7. The van der Waals surface area contributed by atoms with E-state index >= 15 is 0 Å². The molecule has 2 aromatic carbocycles. The van der Waals surface area contributed by atoms with E-state index in [0.29, 0.717) is 41.3 Å². The number of nitrogens with one attached hydrogen (secondary N) is 2.